The zero-order valence-electron chi connectivity index (χ0n) is 15.0. The van der Waals surface area contributed by atoms with Crippen LogP contribution in [0.3, 0.4) is 0 Å². The number of aromatic nitrogens is 2. The number of ether oxygens (including phenoxy) is 1. The molecular formula is C18H17ClN4O4S. The van der Waals surface area contributed by atoms with Crippen molar-refractivity contribution in [1.82, 2.24) is 9.78 Å². The molecule has 2 aromatic carbocycles. The average molecular weight is 421 g/mol. The lowest BCUT2D eigenvalue weighted by Crippen LogP contribution is -2.17. The van der Waals surface area contributed by atoms with Crippen molar-refractivity contribution >= 4 is 38.9 Å². The summed E-state index contributed by atoms with van der Waals surface area (Å²) in [6.45, 7) is 0. The highest BCUT2D eigenvalue weighted by Crippen LogP contribution is 2.29. The Labute approximate surface area is 167 Å². The average Bonchev–Trinajstić information content (AvgIpc) is 3.07. The van der Waals surface area contributed by atoms with Crippen LogP contribution in [-0.2, 0) is 17.1 Å². The summed E-state index contributed by atoms with van der Waals surface area (Å²) >= 11 is 5.89. The molecule has 0 aliphatic rings. The number of carbonyl (C=O) groups excluding carboxylic acids is 1. The molecule has 28 heavy (non-hydrogen) atoms. The fraction of sp³-hybridized carbons (Fsp3) is 0.111. The first-order valence-electron chi connectivity index (χ1n) is 8.06. The van der Waals surface area contributed by atoms with E-state index in [1.165, 1.54) is 42.3 Å². The second-order valence-electron chi connectivity index (χ2n) is 5.78. The monoisotopic (exact) mass is 420 g/mol. The highest BCUT2D eigenvalue weighted by atomic mass is 35.5. The van der Waals surface area contributed by atoms with Gasteiger partial charge in [0.05, 0.1) is 12.8 Å². The van der Waals surface area contributed by atoms with Crippen LogP contribution in [0.4, 0.5) is 11.4 Å². The Hall–Kier alpha value is -3.04. The number of aryl methyl sites for hydroxylation is 1. The van der Waals surface area contributed by atoms with Gasteiger partial charge in [-0.3, -0.25) is 14.2 Å². The van der Waals surface area contributed by atoms with Gasteiger partial charge in [-0.1, -0.05) is 17.7 Å². The first-order chi connectivity index (χ1) is 13.3. The third kappa shape index (κ3) is 4.26. The lowest BCUT2D eigenvalue weighted by Gasteiger charge is -2.13. The van der Waals surface area contributed by atoms with Crippen molar-refractivity contribution < 1.29 is 17.9 Å². The van der Waals surface area contributed by atoms with E-state index in [4.69, 9.17) is 16.3 Å². The number of sulfonamides is 1. The Balaban J connectivity index is 1.86. The number of hydrogen-bond donors (Lipinski definition) is 2. The lowest BCUT2D eigenvalue weighted by atomic mass is 10.3. The molecule has 3 rings (SSSR count). The van der Waals surface area contributed by atoms with Crippen LogP contribution >= 0.6 is 11.6 Å². The fourth-order valence-electron chi connectivity index (χ4n) is 2.52. The predicted molar refractivity (Wildman–Crippen MR) is 106 cm³/mol. The molecule has 0 unspecified atom stereocenters. The van der Waals surface area contributed by atoms with E-state index in [0.29, 0.717) is 22.1 Å². The maximum absolute atomic E-state index is 12.7. The maximum atomic E-state index is 12.7. The van der Waals surface area contributed by atoms with Crippen LogP contribution in [-0.4, -0.2) is 31.2 Å². The van der Waals surface area contributed by atoms with Crippen molar-refractivity contribution in [2.75, 3.05) is 17.1 Å². The molecule has 1 amide bonds. The Morgan fingerprint density at radius 1 is 1.14 bits per heavy atom. The zero-order valence-corrected chi connectivity index (χ0v) is 16.6. The van der Waals surface area contributed by atoms with Gasteiger partial charge in [0, 0.05) is 30.0 Å². The molecule has 0 aliphatic carbocycles. The molecule has 0 saturated heterocycles. The summed E-state index contributed by atoms with van der Waals surface area (Å²) in [5.74, 6) is -0.299. The SMILES string of the molecule is COc1cc(NC(=O)c2ccnn2C)ccc1S(=O)(=O)Nc1cccc(Cl)c1. The Morgan fingerprint density at radius 2 is 1.93 bits per heavy atom. The minimum absolute atomic E-state index is 0.0755. The van der Waals surface area contributed by atoms with Crippen LogP contribution in [0, 0.1) is 0 Å². The number of nitrogens with one attached hydrogen (secondary N) is 2. The quantitative estimate of drug-likeness (QED) is 0.637. The summed E-state index contributed by atoms with van der Waals surface area (Å²) < 4.78 is 34.5. The van der Waals surface area contributed by atoms with E-state index in [1.54, 1.807) is 31.3 Å². The number of amides is 1. The molecule has 0 bridgehead atoms. The van der Waals surface area contributed by atoms with Gasteiger partial charge in [0.2, 0.25) is 0 Å². The molecule has 146 valence electrons. The molecule has 0 fully saturated rings. The summed E-state index contributed by atoms with van der Waals surface area (Å²) in [7, 11) is -0.935. The van der Waals surface area contributed by atoms with Gasteiger partial charge in [0.25, 0.3) is 15.9 Å². The van der Waals surface area contributed by atoms with Crippen LogP contribution in [0.15, 0.2) is 59.6 Å². The van der Waals surface area contributed by atoms with Crippen LogP contribution in [0.25, 0.3) is 0 Å². The van der Waals surface area contributed by atoms with Gasteiger partial charge in [0.1, 0.15) is 16.3 Å². The summed E-state index contributed by atoms with van der Waals surface area (Å²) in [5.41, 5.74) is 1.06. The molecule has 0 radical (unpaired) electrons. The van der Waals surface area contributed by atoms with Crippen LogP contribution in [0.5, 0.6) is 5.75 Å². The standard InChI is InChI=1S/C18H17ClN4O4S/c1-23-15(8-9-20-23)18(24)21-13-6-7-17(16(11-13)27-2)28(25,26)22-14-5-3-4-12(19)10-14/h3-11,22H,1-2H3,(H,21,24). The minimum Gasteiger partial charge on any atom is -0.495 e. The van der Waals surface area contributed by atoms with E-state index >= 15 is 0 Å². The Morgan fingerprint density at radius 3 is 2.57 bits per heavy atom. The molecular weight excluding hydrogens is 404 g/mol. The largest absolute Gasteiger partial charge is 0.495 e. The van der Waals surface area contributed by atoms with Crippen molar-refractivity contribution in [3.05, 3.63) is 65.4 Å². The number of rotatable bonds is 6. The van der Waals surface area contributed by atoms with E-state index in [-0.39, 0.29) is 16.6 Å². The van der Waals surface area contributed by atoms with Crippen molar-refractivity contribution in [3.8, 4) is 5.75 Å². The molecule has 10 heteroatoms. The second kappa shape index (κ2) is 7.91. The smallest absolute Gasteiger partial charge is 0.273 e. The first-order valence-corrected chi connectivity index (χ1v) is 9.92. The number of halogens is 1. The van der Waals surface area contributed by atoms with E-state index in [2.05, 4.69) is 15.1 Å². The van der Waals surface area contributed by atoms with Gasteiger partial charge in [-0.2, -0.15) is 5.10 Å². The number of methoxy groups -OCH3 is 1. The fourth-order valence-corrected chi connectivity index (χ4v) is 3.91. The van der Waals surface area contributed by atoms with Gasteiger partial charge < -0.3 is 10.1 Å². The molecule has 0 spiro atoms. The van der Waals surface area contributed by atoms with E-state index in [0.717, 1.165) is 0 Å². The van der Waals surface area contributed by atoms with Gasteiger partial charge >= 0.3 is 0 Å². The zero-order chi connectivity index (χ0) is 20.3. The van der Waals surface area contributed by atoms with Crippen molar-refractivity contribution in [3.63, 3.8) is 0 Å². The number of hydrogen-bond acceptors (Lipinski definition) is 5. The second-order valence-corrected chi connectivity index (χ2v) is 7.86. The molecule has 1 heterocycles. The van der Waals surface area contributed by atoms with E-state index < -0.39 is 10.0 Å². The Kier molecular flexibility index (Phi) is 5.57. The van der Waals surface area contributed by atoms with Gasteiger partial charge in [-0.15, -0.1) is 0 Å². The highest BCUT2D eigenvalue weighted by Gasteiger charge is 2.21. The van der Waals surface area contributed by atoms with E-state index in [1.807, 2.05) is 0 Å². The van der Waals surface area contributed by atoms with Crippen LogP contribution in [0.1, 0.15) is 10.5 Å². The molecule has 0 saturated carbocycles. The number of anilines is 2. The predicted octanol–water partition coefficient (Wildman–Crippen LogP) is 3.14. The molecule has 0 aliphatic heterocycles. The summed E-state index contributed by atoms with van der Waals surface area (Å²) in [6.07, 6.45) is 1.51. The number of nitrogens with zero attached hydrogens (tertiary/aromatic N) is 2. The highest BCUT2D eigenvalue weighted by molar-refractivity contribution is 7.92. The maximum Gasteiger partial charge on any atom is 0.273 e. The lowest BCUT2D eigenvalue weighted by molar-refractivity contribution is 0.101. The van der Waals surface area contributed by atoms with Crippen LogP contribution < -0.4 is 14.8 Å². The van der Waals surface area contributed by atoms with Crippen molar-refractivity contribution in [2.24, 2.45) is 7.05 Å². The number of benzene rings is 2. The summed E-state index contributed by atoms with van der Waals surface area (Å²) in [6, 6.07) is 12.2. The van der Waals surface area contributed by atoms with Gasteiger partial charge in [-0.05, 0) is 36.4 Å². The van der Waals surface area contributed by atoms with Gasteiger partial charge in [0.15, 0.2) is 0 Å². The molecule has 8 nitrogen and oxygen atoms in total. The normalized spacial score (nSPS) is 11.1. The van der Waals surface area contributed by atoms with E-state index in [9.17, 15) is 13.2 Å². The molecule has 0 atom stereocenters. The van der Waals surface area contributed by atoms with Crippen molar-refractivity contribution in [2.45, 2.75) is 4.90 Å². The molecule has 1 aromatic heterocycles. The van der Waals surface area contributed by atoms with Crippen molar-refractivity contribution in [1.29, 1.82) is 0 Å². The number of carbonyl (C=O) groups is 1. The third-order valence-corrected chi connectivity index (χ3v) is 5.50. The third-order valence-electron chi connectivity index (χ3n) is 3.84. The Bertz CT molecular complexity index is 1130. The molecule has 2 N–H and O–H groups in total. The van der Waals surface area contributed by atoms with Gasteiger partial charge in [-0.25, -0.2) is 8.42 Å². The summed E-state index contributed by atoms with van der Waals surface area (Å²) in [4.78, 5) is 12.2. The van der Waals surface area contributed by atoms with Crippen LogP contribution in [0.2, 0.25) is 5.02 Å². The molecule has 3 aromatic rings. The topological polar surface area (TPSA) is 102 Å². The minimum atomic E-state index is -3.93. The summed E-state index contributed by atoms with van der Waals surface area (Å²) in [5, 5.41) is 7.03. The first kappa shape index (κ1) is 19.7.